The molecule has 2 N–H and O–H groups in total. The van der Waals surface area contributed by atoms with E-state index in [1.54, 1.807) is 30.3 Å². The van der Waals surface area contributed by atoms with Crippen molar-refractivity contribution in [2.24, 2.45) is 0 Å². The summed E-state index contributed by atoms with van der Waals surface area (Å²) in [7, 11) is 0. The molecule has 6 nitrogen and oxygen atoms in total. The molecule has 18 heavy (non-hydrogen) atoms. The van der Waals surface area contributed by atoms with Gasteiger partial charge < -0.3 is 10.1 Å². The first-order valence-corrected chi connectivity index (χ1v) is 5.52. The van der Waals surface area contributed by atoms with E-state index in [9.17, 15) is 14.4 Å². The molecule has 6 heteroatoms. The Morgan fingerprint density at radius 2 is 2.00 bits per heavy atom. The standard InChI is InChI=1S/C12H12N2O4/c15-10-7-6-9(11(16)14-10)13-12(17)18-8-4-2-1-3-5-8/h1-5,9H,6-7H2,(H,13,17)(H,14,15,16). The summed E-state index contributed by atoms with van der Waals surface area (Å²) in [5.74, 6) is -0.437. The number of ether oxygens (including phenoxy) is 1. The Kier molecular flexibility index (Phi) is 3.57. The number of nitrogens with one attached hydrogen (secondary N) is 2. The van der Waals surface area contributed by atoms with Gasteiger partial charge in [0, 0.05) is 6.42 Å². The summed E-state index contributed by atoms with van der Waals surface area (Å²) in [6.45, 7) is 0. The number of amides is 3. The van der Waals surface area contributed by atoms with E-state index >= 15 is 0 Å². The number of hydrogen-bond donors (Lipinski definition) is 2. The van der Waals surface area contributed by atoms with Gasteiger partial charge in [-0.2, -0.15) is 0 Å². The molecule has 94 valence electrons. The van der Waals surface area contributed by atoms with Crippen LogP contribution in [0.3, 0.4) is 0 Å². The van der Waals surface area contributed by atoms with Gasteiger partial charge in [-0.05, 0) is 18.6 Å². The second-order valence-corrected chi connectivity index (χ2v) is 3.85. The van der Waals surface area contributed by atoms with Crippen molar-refractivity contribution in [3.8, 4) is 5.75 Å². The normalized spacial score (nSPS) is 19.0. The van der Waals surface area contributed by atoms with Crippen LogP contribution in [0.4, 0.5) is 4.79 Å². The molecule has 0 aromatic heterocycles. The van der Waals surface area contributed by atoms with Crippen LogP contribution in [0.2, 0.25) is 0 Å². The molecule has 2 rings (SSSR count). The van der Waals surface area contributed by atoms with E-state index in [4.69, 9.17) is 4.74 Å². The fourth-order valence-corrected chi connectivity index (χ4v) is 1.60. The minimum atomic E-state index is -0.723. The lowest BCUT2D eigenvalue weighted by Gasteiger charge is -2.21. The molecule has 3 amide bonds. The Bertz CT molecular complexity index is 472. The van der Waals surface area contributed by atoms with Gasteiger partial charge in [-0.1, -0.05) is 18.2 Å². The molecule has 0 radical (unpaired) electrons. The van der Waals surface area contributed by atoms with Gasteiger partial charge in [-0.25, -0.2) is 4.79 Å². The Morgan fingerprint density at radius 1 is 1.28 bits per heavy atom. The summed E-state index contributed by atoms with van der Waals surface area (Å²) < 4.78 is 4.98. The zero-order valence-corrected chi connectivity index (χ0v) is 9.51. The molecule has 1 atom stereocenters. The third-order valence-electron chi connectivity index (χ3n) is 2.49. The number of para-hydroxylation sites is 1. The number of hydrogen-bond acceptors (Lipinski definition) is 4. The number of rotatable bonds is 2. The number of benzene rings is 1. The summed E-state index contributed by atoms with van der Waals surface area (Å²) in [6.07, 6.45) is -0.216. The fourth-order valence-electron chi connectivity index (χ4n) is 1.60. The first-order chi connectivity index (χ1) is 8.65. The van der Waals surface area contributed by atoms with E-state index < -0.39 is 18.0 Å². The van der Waals surface area contributed by atoms with Gasteiger partial charge >= 0.3 is 6.09 Å². The zero-order valence-electron chi connectivity index (χ0n) is 9.51. The quantitative estimate of drug-likeness (QED) is 0.750. The summed E-state index contributed by atoms with van der Waals surface area (Å²) >= 11 is 0. The topological polar surface area (TPSA) is 84.5 Å². The van der Waals surface area contributed by atoms with Crippen molar-refractivity contribution in [3.63, 3.8) is 0 Å². The molecule has 1 aromatic carbocycles. The van der Waals surface area contributed by atoms with E-state index in [2.05, 4.69) is 10.6 Å². The highest BCUT2D eigenvalue weighted by atomic mass is 16.6. The lowest BCUT2D eigenvalue weighted by molar-refractivity contribution is -0.134. The predicted octanol–water partition coefficient (Wildman–Crippen LogP) is 0.580. The Hall–Kier alpha value is -2.37. The molecule has 1 aliphatic rings. The minimum absolute atomic E-state index is 0.210. The highest BCUT2D eigenvalue weighted by Crippen LogP contribution is 2.09. The molecule has 0 spiro atoms. The van der Waals surface area contributed by atoms with Gasteiger partial charge in [0.1, 0.15) is 11.8 Å². The van der Waals surface area contributed by atoms with Gasteiger partial charge in [-0.3, -0.25) is 14.9 Å². The number of piperidine rings is 1. The van der Waals surface area contributed by atoms with Gasteiger partial charge in [-0.15, -0.1) is 0 Å². The largest absolute Gasteiger partial charge is 0.413 e. The lowest BCUT2D eigenvalue weighted by Crippen LogP contribution is -2.52. The molecule has 1 unspecified atom stereocenters. The SMILES string of the molecule is O=C1CCC(NC(=O)Oc2ccccc2)C(=O)N1. The predicted molar refractivity (Wildman–Crippen MR) is 61.8 cm³/mol. The number of carbonyl (C=O) groups excluding carboxylic acids is 3. The molecule has 1 aliphatic heterocycles. The Morgan fingerprint density at radius 3 is 2.67 bits per heavy atom. The minimum Gasteiger partial charge on any atom is -0.410 e. The highest BCUT2D eigenvalue weighted by molar-refractivity contribution is 6.01. The third-order valence-corrected chi connectivity index (χ3v) is 2.49. The smallest absolute Gasteiger partial charge is 0.410 e. The first kappa shape index (κ1) is 12.1. The lowest BCUT2D eigenvalue weighted by atomic mass is 10.1. The van der Waals surface area contributed by atoms with Crippen molar-refractivity contribution in [1.82, 2.24) is 10.6 Å². The zero-order chi connectivity index (χ0) is 13.0. The van der Waals surface area contributed by atoms with Crippen LogP contribution in [0, 0.1) is 0 Å². The molecule has 0 aliphatic carbocycles. The number of carbonyl (C=O) groups is 3. The van der Waals surface area contributed by atoms with Crippen LogP contribution >= 0.6 is 0 Å². The Balaban J connectivity index is 1.88. The molecular weight excluding hydrogens is 236 g/mol. The Labute approximate surface area is 103 Å². The molecule has 1 saturated heterocycles. The molecule has 0 bridgehead atoms. The van der Waals surface area contributed by atoms with Crippen LogP contribution in [0.1, 0.15) is 12.8 Å². The molecule has 0 saturated carbocycles. The van der Waals surface area contributed by atoms with Crippen molar-refractivity contribution in [3.05, 3.63) is 30.3 Å². The van der Waals surface area contributed by atoms with Crippen LogP contribution in [0.5, 0.6) is 5.75 Å². The van der Waals surface area contributed by atoms with Crippen molar-refractivity contribution >= 4 is 17.9 Å². The van der Waals surface area contributed by atoms with E-state index in [0.29, 0.717) is 5.75 Å². The van der Waals surface area contributed by atoms with Gasteiger partial charge in [0.2, 0.25) is 11.8 Å². The summed E-state index contributed by atoms with van der Waals surface area (Å²) in [6, 6.07) is 7.79. The summed E-state index contributed by atoms with van der Waals surface area (Å²) in [4.78, 5) is 33.8. The fraction of sp³-hybridized carbons (Fsp3) is 0.250. The van der Waals surface area contributed by atoms with Crippen LogP contribution < -0.4 is 15.4 Å². The van der Waals surface area contributed by atoms with Crippen molar-refractivity contribution in [2.45, 2.75) is 18.9 Å². The van der Waals surface area contributed by atoms with Crippen LogP contribution in [-0.2, 0) is 9.59 Å². The van der Waals surface area contributed by atoms with Crippen LogP contribution in [0.25, 0.3) is 0 Å². The van der Waals surface area contributed by atoms with Crippen LogP contribution in [-0.4, -0.2) is 23.9 Å². The third kappa shape index (κ3) is 3.07. The molecule has 1 heterocycles. The van der Waals surface area contributed by atoms with Gasteiger partial charge in [0.25, 0.3) is 0 Å². The number of imide groups is 1. The van der Waals surface area contributed by atoms with Crippen molar-refractivity contribution in [1.29, 1.82) is 0 Å². The maximum absolute atomic E-state index is 11.5. The summed E-state index contributed by atoms with van der Waals surface area (Å²) in [5.41, 5.74) is 0. The average Bonchev–Trinajstić information content (AvgIpc) is 2.34. The van der Waals surface area contributed by atoms with E-state index in [1.807, 2.05) is 0 Å². The average molecular weight is 248 g/mol. The maximum Gasteiger partial charge on any atom is 0.413 e. The highest BCUT2D eigenvalue weighted by Gasteiger charge is 2.28. The van der Waals surface area contributed by atoms with Gasteiger partial charge in [0.15, 0.2) is 0 Å². The van der Waals surface area contributed by atoms with Crippen molar-refractivity contribution in [2.75, 3.05) is 0 Å². The van der Waals surface area contributed by atoms with Gasteiger partial charge in [0.05, 0.1) is 0 Å². The van der Waals surface area contributed by atoms with Crippen LogP contribution in [0.15, 0.2) is 30.3 Å². The van der Waals surface area contributed by atoms with E-state index in [0.717, 1.165) is 0 Å². The second-order valence-electron chi connectivity index (χ2n) is 3.85. The monoisotopic (exact) mass is 248 g/mol. The van der Waals surface area contributed by atoms with E-state index in [-0.39, 0.29) is 18.7 Å². The van der Waals surface area contributed by atoms with E-state index in [1.165, 1.54) is 0 Å². The summed E-state index contributed by atoms with van der Waals surface area (Å²) in [5, 5.41) is 4.56. The molecule has 1 aromatic rings. The second kappa shape index (κ2) is 5.31. The molecular formula is C12H12N2O4. The maximum atomic E-state index is 11.5. The first-order valence-electron chi connectivity index (χ1n) is 5.52. The van der Waals surface area contributed by atoms with Crippen molar-refractivity contribution < 1.29 is 19.1 Å². The molecule has 1 fully saturated rings.